The Balaban J connectivity index is 2.20. The summed E-state index contributed by atoms with van der Waals surface area (Å²) in [4.78, 5) is 11.4. The van der Waals surface area contributed by atoms with Crippen LogP contribution in [0.25, 0.3) is 0 Å². The Morgan fingerprint density at radius 1 is 1.14 bits per heavy atom. The molecule has 2 rings (SSSR count). The number of rotatable bonds is 5. The molecule has 2 N–H and O–H groups in total. The number of carbonyl (C=O) groups is 1. The fraction of sp³-hybridized carbons (Fsp3) is 0.176. The lowest BCUT2D eigenvalue weighted by Crippen LogP contribution is -2.24. The second kappa shape index (κ2) is 6.83. The van der Waals surface area contributed by atoms with E-state index in [4.69, 9.17) is 5.26 Å². The Labute approximate surface area is 127 Å². The summed E-state index contributed by atoms with van der Waals surface area (Å²) in [7, 11) is 0. The molecular formula is C17H14FNO3. The first-order chi connectivity index (χ1) is 10.5. The quantitative estimate of drug-likeness (QED) is 0.889. The first-order valence-electron chi connectivity index (χ1n) is 6.66. The smallest absolute Gasteiger partial charge is 0.309 e. The van der Waals surface area contributed by atoms with Gasteiger partial charge < -0.3 is 10.2 Å². The van der Waals surface area contributed by atoms with Crippen molar-refractivity contribution in [2.24, 2.45) is 5.92 Å². The number of benzene rings is 2. The number of halogens is 1. The number of aliphatic hydroxyl groups excluding tert-OH is 1. The third kappa shape index (κ3) is 3.68. The van der Waals surface area contributed by atoms with Gasteiger partial charge in [-0.15, -0.1) is 0 Å². The summed E-state index contributed by atoms with van der Waals surface area (Å²) in [5.41, 5.74) is 1.53. The van der Waals surface area contributed by atoms with Crippen LogP contribution < -0.4 is 0 Å². The minimum absolute atomic E-state index is 0.111. The highest BCUT2D eigenvalue weighted by Gasteiger charge is 2.28. The van der Waals surface area contributed by atoms with E-state index in [0.717, 1.165) is 0 Å². The van der Waals surface area contributed by atoms with Crippen LogP contribution >= 0.6 is 0 Å². The van der Waals surface area contributed by atoms with Gasteiger partial charge in [-0.05, 0) is 41.8 Å². The molecule has 0 amide bonds. The zero-order valence-corrected chi connectivity index (χ0v) is 11.6. The van der Waals surface area contributed by atoms with E-state index in [-0.39, 0.29) is 6.42 Å². The van der Waals surface area contributed by atoms with Gasteiger partial charge in [-0.1, -0.05) is 24.3 Å². The van der Waals surface area contributed by atoms with Crippen molar-refractivity contribution in [2.75, 3.05) is 0 Å². The first kappa shape index (κ1) is 15.7. The van der Waals surface area contributed by atoms with Crippen LogP contribution in [0, 0.1) is 23.1 Å². The maximum atomic E-state index is 12.9. The molecule has 2 aromatic rings. The van der Waals surface area contributed by atoms with Crippen molar-refractivity contribution in [1.29, 1.82) is 5.26 Å². The zero-order valence-electron chi connectivity index (χ0n) is 11.6. The molecule has 0 aromatic heterocycles. The van der Waals surface area contributed by atoms with Gasteiger partial charge >= 0.3 is 5.97 Å². The van der Waals surface area contributed by atoms with Crippen LogP contribution in [0.15, 0.2) is 48.5 Å². The van der Waals surface area contributed by atoms with Crippen LogP contribution in [0.4, 0.5) is 4.39 Å². The first-order valence-corrected chi connectivity index (χ1v) is 6.66. The average molecular weight is 299 g/mol. The topological polar surface area (TPSA) is 81.3 Å². The Hall–Kier alpha value is -2.71. The second-order valence-electron chi connectivity index (χ2n) is 4.95. The van der Waals surface area contributed by atoms with Crippen molar-refractivity contribution >= 4 is 5.97 Å². The molecule has 22 heavy (non-hydrogen) atoms. The van der Waals surface area contributed by atoms with E-state index in [2.05, 4.69) is 0 Å². The molecule has 0 radical (unpaired) electrons. The monoisotopic (exact) mass is 299 g/mol. The van der Waals surface area contributed by atoms with Crippen LogP contribution in [-0.2, 0) is 11.2 Å². The van der Waals surface area contributed by atoms with Gasteiger partial charge in [0.15, 0.2) is 0 Å². The molecule has 2 aromatic carbocycles. The summed E-state index contributed by atoms with van der Waals surface area (Å²) in [5, 5.41) is 28.3. The molecule has 2 atom stereocenters. The van der Waals surface area contributed by atoms with E-state index in [1.165, 1.54) is 24.3 Å². The van der Waals surface area contributed by atoms with E-state index in [1.807, 2.05) is 6.07 Å². The van der Waals surface area contributed by atoms with Gasteiger partial charge in [0.1, 0.15) is 5.82 Å². The third-order valence-electron chi connectivity index (χ3n) is 3.45. The van der Waals surface area contributed by atoms with Gasteiger partial charge in [0, 0.05) is 0 Å². The van der Waals surface area contributed by atoms with Gasteiger partial charge in [0.2, 0.25) is 0 Å². The maximum Gasteiger partial charge on any atom is 0.309 e. The molecular weight excluding hydrogens is 285 g/mol. The number of hydrogen-bond donors (Lipinski definition) is 2. The predicted octanol–water partition coefficient (Wildman–Crippen LogP) is 2.67. The lowest BCUT2D eigenvalue weighted by Gasteiger charge is -2.19. The van der Waals surface area contributed by atoms with Gasteiger partial charge in [0.05, 0.1) is 23.7 Å². The summed E-state index contributed by atoms with van der Waals surface area (Å²) in [6.45, 7) is 0. The summed E-state index contributed by atoms with van der Waals surface area (Å²) in [5.74, 6) is -2.64. The van der Waals surface area contributed by atoms with Crippen LogP contribution in [0.1, 0.15) is 22.8 Å². The van der Waals surface area contributed by atoms with Crippen molar-refractivity contribution in [3.8, 4) is 6.07 Å². The molecule has 0 bridgehead atoms. The van der Waals surface area contributed by atoms with Crippen molar-refractivity contribution in [1.82, 2.24) is 0 Å². The standard InChI is InChI=1S/C17H14FNO3/c18-14-7-5-13(6-8-14)16(20)15(17(21)22)9-11-1-3-12(10-19)4-2-11/h1-8,15-16,20H,9H2,(H,21,22). The van der Waals surface area contributed by atoms with E-state index < -0.39 is 23.8 Å². The largest absolute Gasteiger partial charge is 0.481 e. The highest BCUT2D eigenvalue weighted by molar-refractivity contribution is 5.71. The number of nitriles is 1. The number of aliphatic carboxylic acids is 1. The number of nitrogens with zero attached hydrogens (tertiary/aromatic N) is 1. The second-order valence-corrected chi connectivity index (χ2v) is 4.95. The van der Waals surface area contributed by atoms with Gasteiger partial charge in [-0.25, -0.2) is 4.39 Å². The van der Waals surface area contributed by atoms with E-state index >= 15 is 0 Å². The summed E-state index contributed by atoms with van der Waals surface area (Å²) in [6, 6.07) is 13.6. The van der Waals surface area contributed by atoms with E-state index in [9.17, 15) is 19.4 Å². The van der Waals surface area contributed by atoms with Crippen molar-refractivity contribution in [3.63, 3.8) is 0 Å². The molecule has 0 saturated carbocycles. The maximum absolute atomic E-state index is 12.9. The minimum atomic E-state index is -1.24. The van der Waals surface area contributed by atoms with Crippen molar-refractivity contribution < 1.29 is 19.4 Å². The molecule has 0 aliphatic rings. The average Bonchev–Trinajstić information content (AvgIpc) is 2.53. The third-order valence-corrected chi connectivity index (χ3v) is 3.45. The predicted molar refractivity (Wildman–Crippen MR) is 77.3 cm³/mol. The SMILES string of the molecule is N#Cc1ccc(CC(C(=O)O)C(O)c2ccc(F)cc2)cc1. The van der Waals surface area contributed by atoms with Crippen LogP contribution in [0.2, 0.25) is 0 Å². The molecule has 0 heterocycles. The normalized spacial score (nSPS) is 13.1. The van der Waals surface area contributed by atoms with E-state index in [0.29, 0.717) is 16.7 Å². The Bertz CT molecular complexity index is 689. The molecule has 112 valence electrons. The molecule has 5 heteroatoms. The minimum Gasteiger partial charge on any atom is -0.481 e. The Kier molecular flexibility index (Phi) is 4.87. The number of hydrogen-bond acceptors (Lipinski definition) is 3. The molecule has 0 fully saturated rings. The molecule has 4 nitrogen and oxygen atoms in total. The number of aliphatic hydroxyl groups is 1. The van der Waals surface area contributed by atoms with Crippen LogP contribution in [0.5, 0.6) is 0 Å². The Morgan fingerprint density at radius 2 is 1.73 bits per heavy atom. The highest BCUT2D eigenvalue weighted by atomic mass is 19.1. The molecule has 0 spiro atoms. The van der Waals surface area contributed by atoms with Crippen molar-refractivity contribution in [3.05, 3.63) is 71.0 Å². The summed E-state index contributed by atoms with van der Waals surface area (Å²) in [6.07, 6.45) is -1.13. The lowest BCUT2D eigenvalue weighted by molar-refractivity contribution is -0.145. The Morgan fingerprint density at radius 3 is 2.23 bits per heavy atom. The van der Waals surface area contributed by atoms with Gasteiger partial charge in [0.25, 0.3) is 0 Å². The molecule has 0 aliphatic carbocycles. The van der Waals surface area contributed by atoms with Crippen LogP contribution in [-0.4, -0.2) is 16.2 Å². The number of carboxylic acids is 1. The van der Waals surface area contributed by atoms with Crippen LogP contribution in [0.3, 0.4) is 0 Å². The van der Waals surface area contributed by atoms with E-state index in [1.54, 1.807) is 24.3 Å². The molecule has 0 aliphatic heterocycles. The van der Waals surface area contributed by atoms with Crippen molar-refractivity contribution in [2.45, 2.75) is 12.5 Å². The van der Waals surface area contributed by atoms with Gasteiger partial charge in [-0.3, -0.25) is 4.79 Å². The summed E-state index contributed by atoms with van der Waals surface area (Å²) < 4.78 is 12.9. The van der Waals surface area contributed by atoms with Gasteiger partial charge in [-0.2, -0.15) is 5.26 Å². The zero-order chi connectivity index (χ0) is 16.1. The lowest BCUT2D eigenvalue weighted by atomic mass is 9.89. The fourth-order valence-electron chi connectivity index (χ4n) is 2.20. The number of carboxylic acid groups (broad SMARTS) is 1. The molecule has 2 unspecified atom stereocenters. The molecule has 0 saturated heterocycles. The fourth-order valence-corrected chi connectivity index (χ4v) is 2.20. The summed E-state index contributed by atoms with van der Waals surface area (Å²) >= 11 is 0. The highest BCUT2D eigenvalue weighted by Crippen LogP contribution is 2.26.